The highest BCUT2D eigenvalue weighted by Crippen LogP contribution is 2.25. The van der Waals surface area contributed by atoms with Crippen molar-refractivity contribution in [2.45, 2.75) is 44.8 Å². The molecule has 100 valence electrons. The van der Waals surface area contributed by atoms with E-state index in [1.165, 1.54) is 19.3 Å². The maximum Gasteiger partial charge on any atom is 0.120 e. The number of likely N-dealkylation sites (N-methyl/N-ethyl adjacent to an activating group) is 1. The molecule has 1 N–H and O–H groups in total. The van der Waals surface area contributed by atoms with Gasteiger partial charge in [0.1, 0.15) is 17.6 Å². The highest BCUT2D eigenvalue weighted by Gasteiger charge is 2.25. The molecule has 1 aliphatic rings. The predicted octanol–water partition coefficient (Wildman–Crippen LogP) is 2.99. The van der Waals surface area contributed by atoms with Crippen LogP contribution in [0.4, 0.5) is 0 Å². The van der Waals surface area contributed by atoms with E-state index in [0.29, 0.717) is 12.1 Å². The number of hydrogen-bond donors (Lipinski definition) is 1. The Morgan fingerprint density at radius 3 is 2.44 bits per heavy atom. The van der Waals surface area contributed by atoms with Crippen molar-refractivity contribution in [1.29, 1.82) is 0 Å². The first-order chi connectivity index (χ1) is 8.83. The summed E-state index contributed by atoms with van der Waals surface area (Å²) in [7, 11) is 1.68. The van der Waals surface area contributed by atoms with Crippen LogP contribution in [0.1, 0.15) is 32.6 Å². The second kappa shape index (κ2) is 6.64. The number of rotatable bonds is 5. The highest BCUT2D eigenvalue weighted by molar-refractivity contribution is 5.31. The quantitative estimate of drug-likeness (QED) is 0.870. The molecule has 0 radical (unpaired) electrons. The number of methoxy groups -OCH3 is 1. The first-order valence-corrected chi connectivity index (χ1v) is 6.87. The molecule has 18 heavy (non-hydrogen) atoms. The van der Waals surface area contributed by atoms with Crippen molar-refractivity contribution in [3.8, 4) is 11.5 Å². The Labute approximate surface area is 109 Å². The summed E-state index contributed by atoms with van der Waals surface area (Å²) in [5, 5.41) is 3.53. The molecule has 0 bridgehead atoms. The van der Waals surface area contributed by atoms with E-state index >= 15 is 0 Å². The van der Waals surface area contributed by atoms with E-state index < -0.39 is 0 Å². The Morgan fingerprint density at radius 2 is 1.78 bits per heavy atom. The lowest BCUT2D eigenvalue weighted by molar-refractivity contribution is 0.115. The molecule has 0 spiro atoms. The Bertz CT molecular complexity index is 348. The van der Waals surface area contributed by atoms with Crippen molar-refractivity contribution >= 4 is 0 Å². The van der Waals surface area contributed by atoms with Crippen molar-refractivity contribution in [3.63, 3.8) is 0 Å². The predicted molar refractivity (Wildman–Crippen MR) is 73.3 cm³/mol. The zero-order valence-corrected chi connectivity index (χ0v) is 11.3. The number of benzene rings is 1. The van der Waals surface area contributed by atoms with Gasteiger partial charge in [-0.2, -0.15) is 0 Å². The summed E-state index contributed by atoms with van der Waals surface area (Å²) in [4.78, 5) is 0. The fourth-order valence-corrected chi connectivity index (χ4v) is 2.56. The van der Waals surface area contributed by atoms with E-state index in [4.69, 9.17) is 9.47 Å². The number of nitrogens with one attached hydrogen (secondary N) is 1. The largest absolute Gasteiger partial charge is 0.497 e. The van der Waals surface area contributed by atoms with Gasteiger partial charge in [0.25, 0.3) is 0 Å². The van der Waals surface area contributed by atoms with Crippen LogP contribution in [0, 0.1) is 0 Å². The van der Waals surface area contributed by atoms with Gasteiger partial charge in [-0.3, -0.25) is 0 Å². The van der Waals surface area contributed by atoms with Gasteiger partial charge in [0, 0.05) is 6.04 Å². The third-order valence-electron chi connectivity index (χ3n) is 3.52. The van der Waals surface area contributed by atoms with Gasteiger partial charge in [-0.25, -0.2) is 0 Å². The van der Waals surface area contributed by atoms with E-state index in [0.717, 1.165) is 24.5 Å². The lowest BCUT2D eigenvalue weighted by Gasteiger charge is -2.32. The Kier molecular flexibility index (Phi) is 4.88. The molecule has 1 aliphatic carbocycles. The van der Waals surface area contributed by atoms with Gasteiger partial charge in [0.15, 0.2) is 0 Å². The summed E-state index contributed by atoms with van der Waals surface area (Å²) in [5.41, 5.74) is 0. The number of hydrogen-bond acceptors (Lipinski definition) is 3. The first kappa shape index (κ1) is 13.2. The molecule has 0 aliphatic heterocycles. The standard InChI is InChI=1S/C15H23NO2/c1-3-16-14-6-4-5-7-15(14)18-13-10-8-12(17-2)9-11-13/h8-11,14-16H,3-7H2,1-2H3. The monoisotopic (exact) mass is 249 g/mol. The molecule has 0 aromatic heterocycles. The summed E-state index contributed by atoms with van der Waals surface area (Å²) in [6.07, 6.45) is 5.23. The summed E-state index contributed by atoms with van der Waals surface area (Å²) in [6, 6.07) is 8.35. The summed E-state index contributed by atoms with van der Waals surface area (Å²) in [5.74, 6) is 1.81. The third-order valence-corrected chi connectivity index (χ3v) is 3.52. The zero-order chi connectivity index (χ0) is 12.8. The van der Waals surface area contributed by atoms with Crippen LogP contribution in [0.25, 0.3) is 0 Å². The van der Waals surface area contributed by atoms with Crippen molar-refractivity contribution < 1.29 is 9.47 Å². The molecule has 0 saturated heterocycles. The van der Waals surface area contributed by atoms with Crippen LogP contribution in [-0.2, 0) is 0 Å². The third kappa shape index (κ3) is 3.39. The molecule has 3 nitrogen and oxygen atoms in total. The summed E-state index contributed by atoms with van der Waals surface area (Å²) < 4.78 is 11.3. The average molecular weight is 249 g/mol. The van der Waals surface area contributed by atoms with Crippen molar-refractivity contribution in [2.75, 3.05) is 13.7 Å². The lowest BCUT2D eigenvalue weighted by Crippen LogP contribution is -2.45. The van der Waals surface area contributed by atoms with Gasteiger partial charge >= 0.3 is 0 Å². The van der Waals surface area contributed by atoms with Crippen LogP contribution in [0.5, 0.6) is 11.5 Å². The van der Waals surface area contributed by atoms with Gasteiger partial charge in [-0.05, 0) is 50.1 Å². The highest BCUT2D eigenvalue weighted by atomic mass is 16.5. The van der Waals surface area contributed by atoms with Crippen LogP contribution < -0.4 is 14.8 Å². The minimum atomic E-state index is 0.298. The summed E-state index contributed by atoms with van der Waals surface area (Å²) >= 11 is 0. The van der Waals surface area contributed by atoms with Crippen LogP contribution in [-0.4, -0.2) is 25.8 Å². The molecule has 1 saturated carbocycles. The van der Waals surface area contributed by atoms with E-state index in [1.54, 1.807) is 7.11 Å². The van der Waals surface area contributed by atoms with Gasteiger partial charge in [0.2, 0.25) is 0 Å². The minimum absolute atomic E-state index is 0.298. The minimum Gasteiger partial charge on any atom is -0.497 e. The molecule has 1 aromatic carbocycles. The molecule has 1 aromatic rings. The Hall–Kier alpha value is -1.22. The Morgan fingerprint density at radius 1 is 1.11 bits per heavy atom. The molecule has 0 heterocycles. The van der Waals surface area contributed by atoms with Crippen LogP contribution in [0.15, 0.2) is 24.3 Å². The van der Waals surface area contributed by atoms with Crippen LogP contribution in [0.2, 0.25) is 0 Å². The van der Waals surface area contributed by atoms with E-state index in [2.05, 4.69) is 12.2 Å². The van der Waals surface area contributed by atoms with E-state index in [9.17, 15) is 0 Å². The molecular weight excluding hydrogens is 226 g/mol. The molecule has 3 heteroatoms. The molecule has 2 atom stereocenters. The number of ether oxygens (including phenoxy) is 2. The van der Waals surface area contributed by atoms with E-state index in [1.807, 2.05) is 24.3 Å². The second-order valence-electron chi connectivity index (χ2n) is 4.78. The van der Waals surface area contributed by atoms with Crippen molar-refractivity contribution in [2.24, 2.45) is 0 Å². The fraction of sp³-hybridized carbons (Fsp3) is 0.600. The molecule has 2 rings (SSSR count). The fourth-order valence-electron chi connectivity index (χ4n) is 2.56. The topological polar surface area (TPSA) is 30.5 Å². The van der Waals surface area contributed by atoms with Crippen molar-refractivity contribution in [3.05, 3.63) is 24.3 Å². The zero-order valence-electron chi connectivity index (χ0n) is 11.3. The Balaban J connectivity index is 1.96. The molecule has 0 amide bonds. The lowest BCUT2D eigenvalue weighted by atomic mass is 9.92. The maximum atomic E-state index is 6.10. The van der Waals surface area contributed by atoms with Gasteiger partial charge in [-0.1, -0.05) is 13.3 Å². The van der Waals surface area contributed by atoms with Crippen LogP contribution in [0.3, 0.4) is 0 Å². The molecule has 2 unspecified atom stereocenters. The summed E-state index contributed by atoms with van der Waals surface area (Å²) in [6.45, 7) is 3.16. The van der Waals surface area contributed by atoms with Gasteiger partial charge in [0.05, 0.1) is 7.11 Å². The SMILES string of the molecule is CCNC1CCCCC1Oc1ccc(OC)cc1. The van der Waals surface area contributed by atoms with Gasteiger partial charge in [-0.15, -0.1) is 0 Å². The smallest absolute Gasteiger partial charge is 0.120 e. The maximum absolute atomic E-state index is 6.10. The normalized spacial score (nSPS) is 23.7. The molecular formula is C15H23NO2. The van der Waals surface area contributed by atoms with Crippen molar-refractivity contribution in [1.82, 2.24) is 5.32 Å². The van der Waals surface area contributed by atoms with Gasteiger partial charge < -0.3 is 14.8 Å². The van der Waals surface area contributed by atoms with Crippen LogP contribution >= 0.6 is 0 Å². The first-order valence-electron chi connectivity index (χ1n) is 6.87. The average Bonchev–Trinajstić information content (AvgIpc) is 2.42. The second-order valence-corrected chi connectivity index (χ2v) is 4.78. The van der Waals surface area contributed by atoms with E-state index in [-0.39, 0.29) is 0 Å². The molecule has 1 fully saturated rings.